The van der Waals surface area contributed by atoms with Crippen molar-refractivity contribution in [2.24, 2.45) is 18.7 Å². The monoisotopic (exact) mass is 370 g/mol. The molecule has 1 atom stereocenters. The van der Waals surface area contributed by atoms with Gasteiger partial charge >= 0.3 is 0 Å². The summed E-state index contributed by atoms with van der Waals surface area (Å²) in [5.74, 6) is 1.37. The lowest BCUT2D eigenvalue weighted by Crippen LogP contribution is -2.53. The van der Waals surface area contributed by atoms with Crippen LogP contribution in [0.3, 0.4) is 0 Å². The molecule has 1 unspecified atom stereocenters. The summed E-state index contributed by atoms with van der Waals surface area (Å²) in [4.78, 5) is 26.8. The number of nitrogens with zero attached hydrogens (tertiary/aromatic N) is 5. The summed E-state index contributed by atoms with van der Waals surface area (Å²) in [6, 6.07) is 10.3. The summed E-state index contributed by atoms with van der Waals surface area (Å²) in [5, 5.41) is 8.82. The van der Waals surface area contributed by atoms with Gasteiger partial charge in [0.25, 0.3) is 0 Å². The molecule has 8 nitrogen and oxygen atoms in total. The molecule has 2 amide bonds. The number of carbonyl (C=O) groups excluding carboxylic acids is 2. The maximum Gasteiger partial charge on any atom is 0.242 e. The first-order valence-electron chi connectivity index (χ1n) is 9.13. The average molecular weight is 370 g/mol. The molecule has 27 heavy (non-hydrogen) atoms. The fourth-order valence-electron chi connectivity index (χ4n) is 3.61. The van der Waals surface area contributed by atoms with Gasteiger partial charge in [-0.05, 0) is 11.5 Å². The molecule has 2 N–H and O–H groups in total. The van der Waals surface area contributed by atoms with E-state index in [1.54, 1.807) is 0 Å². The number of piperazine rings is 1. The summed E-state index contributed by atoms with van der Waals surface area (Å²) >= 11 is 0. The Labute approximate surface area is 159 Å². The molecule has 0 spiro atoms. The lowest BCUT2D eigenvalue weighted by molar-refractivity contribution is -0.135. The molecule has 1 saturated heterocycles. The van der Waals surface area contributed by atoms with Gasteiger partial charge in [0.15, 0.2) is 0 Å². The number of hydrogen-bond donors (Lipinski definition) is 1. The molecule has 1 aliphatic rings. The zero-order valence-electron chi connectivity index (χ0n) is 16.0. The van der Waals surface area contributed by atoms with Gasteiger partial charge in [-0.15, -0.1) is 10.2 Å². The van der Waals surface area contributed by atoms with Crippen molar-refractivity contribution in [2.45, 2.75) is 19.8 Å². The van der Waals surface area contributed by atoms with Crippen LogP contribution in [-0.2, 0) is 16.6 Å². The summed E-state index contributed by atoms with van der Waals surface area (Å²) in [7, 11) is 1.93. The number of amides is 2. The second-order valence-corrected chi connectivity index (χ2v) is 7.25. The molecule has 8 heteroatoms. The molecule has 0 radical (unpaired) electrons. The van der Waals surface area contributed by atoms with E-state index in [4.69, 9.17) is 5.73 Å². The van der Waals surface area contributed by atoms with Crippen molar-refractivity contribution in [1.82, 2.24) is 19.7 Å². The van der Waals surface area contributed by atoms with Crippen molar-refractivity contribution < 1.29 is 9.59 Å². The molecule has 1 aromatic carbocycles. The van der Waals surface area contributed by atoms with Gasteiger partial charge in [-0.25, -0.2) is 0 Å². The van der Waals surface area contributed by atoms with Crippen LogP contribution in [0.15, 0.2) is 30.3 Å². The van der Waals surface area contributed by atoms with Crippen LogP contribution in [0.5, 0.6) is 0 Å². The molecule has 0 aliphatic carbocycles. The number of anilines is 1. The van der Waals surface area contributed by atoms with E-state index in [1.807, 2.05) is 34.7 Å². The molecule has 1 fully saturated rings. The second kappa shape index (κ2) is 7.77. The largest absolute Gasteiger partial charge is 0.368 e. The standard InChI is InChI=1S/C19H26N6O2/c1-13(2)17(14-7-5-4-6-8-14)18-21-22-19(23(18)3)25-10-9-24(11-15(20)26)16(27)12-25/h4-8,13,17H,9-12H2,1-3H3,(H2,20,26). The van der Waals surface area contributed by atoms with E-state index < -0.39 is 5.91 Å². The molecule has 2 heterocycles. The average Bonchev–Trinajstić information content (AvgIpc) is 2.99. The van der Waals surface area contributed by atoms with Crippen molar-refractivity contribution >= 4 is 17.8 Å². The van der Waals surface area contributed by atoms with Crippen LogP contribution >= 0.6 is 0 Å². The van der Waals surface area contributed by atoms with Crippen LogP contribution in [0, 0.1) is 5.92 Å². The zero-order valence-corrected chi connectivity index (χ0v) is 16.0. The molecule has 1 aromatic heterocycles. The Balaban J connectivity index is 1.83. The normalized spacial score (nSPS) is 16.1. The highest BCUT2D eigenvalue weighted by Crippen LogP contribution is 2.32. The third-order valence-electron chi connectivity index (χ3n) is 4.94. The lowest BCUT2D eigenvalue weighted by atomic mass is 9.88. The van der Waals surface area contributed by atoms with Gasteiger partial charge < -0.3 is 15.5 Å². The number of rotatable bonds is 6. The van der Waals surface area contributed by atoms with Crippen molar-refractivity contribution in [1.29, 1.82) is 0 Å². The Hall–Kier alpha value is -2.90. The smallest absolute Gasteiger partial charge is 0.242 e. The molecule has 2 aromatic rings. The topological polar surface area (TPSA) is 97.3 Å². The van der Waals surface area contributed by atoms with Crippen LogP contribution < -0.4 is 10.6 Å². The van der Waals surface area contributed by atoms with E-state index in [9.17, 15) is 9.59 Å². The molecule has 1 aliphatic heterocycles. The molecule has 3 rings (SSSR count). The molecule has 0 saturated carbocycles. The summed E-state index contributed by atoms with van der Waals surface area (Å²) in [6.45, 7) is 5.48. The van der Waals surface area contributed by atoms with Gasteiger partial charge in [0.05, 0.1) is 6.54 Å². The van der Waals surface area contributed by atoms with Gasteiger partial charge in [0, 0.05) is 26.1 Å². The predicted octanol–water partition coefficient (Wildman–Crippen LogP) is 0.737. The van der Waals surface area contributed by atoms with Crippen LogP contribution in [0.25, 0.3) is 0 Å². The Morgan fingerprint density at radius 3 is 2.48 bits per heavy atom. The van der Waals surface area contributed by atoms with E-state index in [2.05, 4.69) is 36.2 Å². The molecular weight excluding hydrogens is 344 g/mol. The highest BCUT2D eigenvalue weighted by atomic mass is 16.2. The maximum atomic E-state index is 12.3. The van der Waals surface area contributed by atoms with Gasteiger partial charge in [-0.2, -0.15) is 0 Å². The lowest BCUT2D eigenvalue weighted by Gasteiger charge is -2.34. The van der Waals surface area contributed by atoms with Crippen LogP contribution in [0.4, 0.5) is 5.95 Å². The number of primary amides is 1. The highest BCUT2D eigenvalue weighted by molar-refractivity contribution is 5.87. The quantitative estimate of drug-likeness (QED) is 0.809. The van der Waals surface area contributed by atoms with E-state index >= 15 is 0 Å². The molecule has 144 valence electrons. The fraction of sp³-hybridized carbons (Fsp3) is 0.474. The minimum absolute atomic E-state index is 0.0415. The maximum absolute atomic E-state index is 12.3. The van der Waals surface area contributed by atoms with Gasteiger partial charge in [0.2, 0.25) is 17.8 Å². The van der Waals surface area contributed by atoms with Gasteiger partial charge in [0.1, 0.15) is 12.4 Å². The van der Waals surface area contributed by atoms with Crippen LogP contribution in [0.1, 0.15) is 31.2 Å². The van der Waals surface area contributed by atoms with Crippen LogP contribution in [-0.4, -0.2) is 57.7 Å². The van der Waals surface area contributed by atoms with Crippen molar-refractivity contribution in [3.05, 3.63) is 41.7 Å². The SMILES string of the molecule is CC(C)C(c1ccccc1)c1nnc(N2CCN(CC(N)=O)C(=O)C2)n1C. The summed E-state index contributed by atoms with van der Waals surface area (Å²) in [5.41, 5.74) is 6.39. The number of hydrogen-bond acceptors (Lipinski definition) is 5. The van der Waals surface area contributed by atoms with E-state index in [0.29, 0.717) is 25.0 Å². The van der Waals surface area contributed by atoms with Gasteiger partial charge in [-0.3, -0.25) is 14.2 Å². The zero-order chi connectivity index (χ0) is 19.6. The van der Waals surface area contributed by atoms with E-state index in [-0.39, 0.29) is 24.9 Å². The Bertz CT molecular complexity index is 817. The second-order valence-electron chi connectivity index (χ2n) is 7.25. The summed E-state index contributed by atoms with van der Waals surface area (Å²) < 4.78 is 1.97. The van der Waals surface area contributed by atoms with Crippen molar-refractivity contribution in [3.63, 3.8) is 0 Å². The number of nitrogens with two attached hydrogens (primary N) is 1. The highest BCUT2D eigenvalue weighted by Gasteiger charge is 2.30. The third-order valence-corrected chi connectivity index (χ3v) is 4.94. The first-order chi connectivity index (χ1) is 12.9. The first-order valence-corrected chi connectivity index (χ1v) is 9.13. The molecular formula is C19H26N6O2. The number of aromatic nitrogens is 3. The fourth-order valence-corrected chi connectivity index (χ4v) is 3.61. The van der Waals surface area contributed by atoms with E-state index in [1.165, 1.54) is 10.5 Å². The third kappa shape index (κ3) is 3.94. The van der Waals surface area contributed by atoms with E-state index in [0.717, 1.165) is 5.82 Å². The predicted molar refractivity (Wildman–Crippen MR) is 102 cm³/mol. The minimum Gasteiger partial charge on any atom is -0.368 e. The molecule has 0 bridgehead atoms. The Kier molecular flexibility index (Phi) is 5.43. The van der Waals surface area contributed by atoms with Crippen LogP contribution in [0.2, 0.25) is 0 Å². The number of benzene rings is 1. The minimum atomic E-state index is -0.500. The van der Waals surface area contributed by atoms with Crippen molar-refractivity contribution in [2.75, 3.05) is 31.1 Å². The first kappa shape index (κ1) is 18.9. The van der Waals surface area contributed by atoms with Crippen molar-refractivity contribution in [3.8, 4) is 0 Å². The number of carbonyl (C=O) groups is 2. The Morgan fingerprint density at radius 1 is 1.19 bits per heavy atom. The summed E-state index contributed by atoms with van der Waals surface area (Å²) in [6.07, 6.45) is 0. The van der Waals surface area contributed by atoms with Gasteiger partial charge in [-0.1, -0.05) is 44.2 Å². The Morgan fingerprint density at radius 2 is 1.89 bits per heavy atom.